The number of pyridine rings is 1. The summed E-state index contributed by atoms with van der Waals surface area (Å²) in [4.78, 5) is 15.4. The number of hydrogen-bond donors (Lipinski definition) is 1. The first-order valence-corrected chi connectivity index (χ1v) is 5.09. The number of nitriles is 1. The zero-order valence-corrected chi connectivity index (χ0v) is 10.00. The lowest BCUT2D eigenvalue weighted by Gasteiger charge is -2.15. The van der Waals surface area contributed by atoms with Gasteiger partial charge in [0, 0.05) is 0 Å². The zero-order valence-electron chi connectivity index (χ0n) is 8.41. The maximum Gasteiger partial charge on any atom is 0.240 e. The van der Waals surface area contributed by atoms with Gasteiger partial charge in [-0.05, 0) is 26.0 Å². The predicted molar refractivity (Wildman–Crippen MR) is 60.6 cm³/mol. The Morgan fingerprint density at radius 2 is 2.27 bits per heavy atom. The Morgan fingerprint density at radius 1 is 1.60 bits per heavy atom. The molecular formula is C10H10BrN3O. The summed E-state index contributed by atoms with van der Waals surface area (Å²) in [5, 5.41) is 11.2. The van der Waals surface area contributed by atoms with E-state index in [0.717, 1.165) is 0 Å². The van der Waals surface area contributed by atoms with Gasteiger partial charge in [0.2, 0.25) is 5.91 Å². The second-order valence-electron chi connectivity index (χ2n) is 3.47. The minimum absolute atomic E-state index is 0.158. The van der Waals surface area contributed by atoms with Crippen LogP contribution in [0.25, 0.3) is 0 Å². The minimum Gasteiger partial charge on any atom is -0.324 e. The summed E-state index contributed by atoms with van der Waals surface area (Å²) in [6.07, 6.45) is 1.45. The number of hydrogen-bond acceptors (Lipinski definition) is 3. The molecule has 0 aliphatic rings. The standard InChI is InChI=1S/C10H10BrN3O/c1-10(2,11)9(15)14-8-4-3-7(5-12)13-6-8/h3-4,6H,1-2H3,(H,14,15). The third kappa shape index (κ3) is 3.33. The molecule has 0 bridgehead atoms. The highest BCUT2D eigenvalue weighted by Crippen LogP contribution is 2.18. The second kappa shape index (κ2) is 4.41. The molecule has 1 heterocycles. The maximum absolute atomic E-state index is 11.5. The van der Waals surface area contributed by atoms with Gasteiger partial charge in [-0.25, -0.2) is 4.98 Å². The van der Waals surface area contributed by atoms with E-state index >= 15 is 0 Å². The molecule has 15 heavy (non-hydrogen) atoms. The van der Waals surface area contributed by atoms with Gasteiger partial charge in [0.15, 0.2) is 0 Å². The van der Waals surface area contributed by atoms with Crippen molar-refractivity contribution in [2.75, 3.05) is 5.32 Å². The number of rotatable bonds is 2. The van der Waals surface area contributed by atoms with Crippen LogP contribution in [0.3, 0.4) is 0 Å². The number of alkyl halides is 1. The topological polar surface area (TPSA) is 65.8 Å². The van der Waals surface area contributed by atoms with Gasteiger partial charge >= 0.3 is 0 Å². The highest BCUT2D eigenvalue weighted by Gasteiger charge is 2.23. The molecule has 5 heteroatoms. The number of halogens is 1. The molecule has 1 aromatic rings. The van der Waals surface area contributed by atoms with Crippen LogP contribution >= 0.6 is 15.9 Å². The van der Waals surface area contributed by atoms with E-state index in [9.17, 15) is 4.79 Å². The molecule has 1 aromatic heterocycles. The monoisotopic (exact) mass is 267 g/mol. The quantitative estimate of drug-likeness (QED) is 0.835. The smallest absolute Gasteiger partial charge is 0.240 e. The lowest BCUT2D eigenvalue weighted by atomic mass is 10.2. The molecule has 0 aliphatic carbocycles. The van der Waals surface area contributed by atoms with Gasteiger partial charge in [-0.1, -0.05) is 15.9 Å². The Labute approximate surface area is 96.4 Å². The SMILES string of the molecule is CC(C)(Br)C(=O)Nc1ccc(C#N)nc1. The van der Waals surface area contributed by atoms with Crippen LogP contribution < -0.4 is 5.32 Å². The number of nitrogens with one attached hydrogen (secondary N) is 1. The summed E-state index contributed by atoms with van der Waals surface area (Å²) < 4.78 is -0.624. The number of carbonyl (C=O) groups excluding carboxylic acids is 1. The van der Waals surface area contributed by atoms with E-state index in [0.29, 0.717) is 11.4 Å². The Balaban J connectivity index is 2.75. The van der Waals surface area contributed by atoms with Gasteiger partial charge in [0.25, 0.3) is 0 Å². The largest absolute Gasteiger partial charge is 0.324 e. The van der Waals surface area contributed by atoms with Crippen molar-refractivity contribution < 1.29 is 4.79 Å². The van der Waals surface area contributed by atoms with Crippen molar-refractivity contribution in [1.29, 1.82) is 5.26 Å². The van der Waals surface area contributed by atoms with E-state index in [2.05, 4.69) is 26.2 Å². The first kappa shape index (κ1) is 11.7. The molecule has 1 amide bonds. The van der Waals surface area contributed by atoms with Crippen LogP contribution in [0.1, 0.15) is 19.5 Å². The second-order valence-corrected chi connectivity index (χ2v) is 5.45. The maximum atomic E-state index is 11.5. The molecule has 0 aromatic carbocycles. The van der Waals surface area contributed by atoms with Gasteiger partial charge in [-0.15, -0.1) is 0 Å². The van der Waals surface area contributed by atoms with Gasteiger partial charge in [0.05, 0.1) is 16.2 Å². The van der Waals surface area contributed by atoms with Crippen LogP contribution in [0.15, 0.2) is 18.3 Å². The fourth-order valence-electron chi connectivity index (χ4n) is 0.814. The summed E-state index contributed by atoms with van der Waals surface area (Å²) in [7, 11) is 0. The molecule has 0 fully saturated rings. The zero-order chi connectivity index (χ0) is 11.5. The van der Waals surface area contributed by atoms with Gasteiger partial charge in [-0.2, -0.15) is 5.26 Å². The Morgan fingerprint density at radius 3 is 2.67 bits per heavy atom. The summed E-state index contributed by atoms with van der Waals surface area (Å²) in [5.41, 5.74) is 0.901. The van der Waals surface area contributed by atoms with Crippen LogP contribution in [0.5, 0.6) is 0 Å². The molecule has 0 aliphatic heterocycles. The molecular weight excluding hydrogens is 258 g/mol. The molecule has 78 valence electrons. The van der Waals surface area contributed by atoms with Crippen molar-refractivity contribution in [3.05, 3.63) is 24.0 Å². The number of anilines is 1. The third-order valence-electron chi connectivity index (χ3n) is 1.68. The molecule has 0 spiro atoms. The molecule has 0 saturated carbocycles. The molecule has 4 nitrogen and oxygen atoms in total. The number of carbonyl (C=O) groups is 1. The molecule has 1 N–H and O–H groups in total. The van der Waals surface area contributed by atoms with E-state index in [-0.39, 0.29) is 5.91 Å². The van der Waals surface area contributed by atoms with Crippen molar-refractivity contribution in [1.82, 2.24) is 4.98 Å². The highest BCUT2D eigenvalue weighted by atomic mass is 79.9. The van der Waals surface area contributed by atoms with Crippen molar-refractivity contribution in [3.63, 3.8) is 0 Å². The van der Waals surface area contributed by atoms with Crippen LogP contribution in [0.2, 0.25) is 0 Å². The number of nitrogens with zero attached hydrogens (tertiary/aromatic N) is 2. The fourth-order valence-corrected chi connectivity index (χ4v) is 0.913. The predicted octanol–water partition coefficient (Wildman–Crippen LogP) is 2.07. The van der Waals surface area contributed by atoms with Crippen LogP contribution in [0.4, 0.5) is 5.69 Å². The fraction of sp³-hybridized carbons (Fsp3) is 0.300. The van der Waals surface area contributed by atoms with Crippen LogP contribution in [-0.2, 0) is 4.79 Å². The van der Waals surface area contributed by atoms with Crippen molar-refractivity contribution in [3.8, 4) is 6.07 Å². The summed E-state index contributed by atoms with van der Waals surface area (Å²) in [6.45, 7) is 3.50. The van der Waals surface area contributed by atoms with E-state index < -0.39 is 4.32 Å². The lowest BCUT2D eigenvalue weighted by molar-refractivity contribution is -0.117. The van der Waals surface area contributed by atoms with Gasteiger partial charge in [0.1, 0.15) is 11.8 Å². The van der Waals surface area contributed by atoms with E-state index in [1.807, 2.05) is 6.07 Å². The highest BCUT2D eigenvalue weighted by molar-refractivity contribution is 9.10. The Hall–Kier alpha value is -1.41. The van der Waals surface area contributed by atoms with E-state index in [4.69, 9.17) is 5.26 Å². The van der Waals surface area contributed by atoms with Gasteiger partial charge in [-0.3, -0.25) is 4.79 Å². The lowest BCUT2D eigenvalue weighted by Crippen LogP contribution is -2.30. The average molecular weight is 268 g/mol. The van der Waals surface area contributed by atoms with Crippen LogP contribution in [-0.4, -0.2) is 15.2 Å². The first-order chi connectivity index (χ1) is 6.93. The number of amides is 1. The summed E-state index contributed by atoms with van der Waals surface area (Å²) in [6, 6.07) is 5.10. The average Bonchev–Trinajstić information content (AvgIpc) is 2.17. The molecule has 0 saturated heterocycles. The molecule has 0 radical (unpaired) electrons. The normalized spacial score (nSPS) is 10.5. The summed E-state index contributed by atoms with van der Waals surface area (Å²) in [5.74, 6) is -0.158. The Bertz CT molecular complexity index is 400. The van der Waals surface area contributed by atoms with Crippen molar-refractivity contribution in [2.24, 2.45) is 0 Å². The first-order valence-electron chi connectivity index (χ1n) is 4.30. The Kier molecular flexibility index (Phi) is 3.43. The molecule has 0 unspecified atom stereocenters. The molecule has 0 atom stereocenters. The van der Waals surface area contributed by atoms with Gasteiger partial charge < -0.3 is 5.32 Å². The van der Waals surface area contributed by atoms with Crippen LogP contribution in [0, 0.1) is 11.3 Å². The molecule has 1 rings (SSSR count). The summed E-state index contributed by atoms with van der Waals surface area (Å²) >= 11 is 3.24. The minimum atomic E-state index is -0.624. The van der Waals surface area contributed by atoms with Crippen molar-refractivity contribution in [2.45, 2.75) is 18.2 Å². The third-order valence-corrected chi connectivity index (χ3v) is 2.04. The van der Waals surface area contributed by atoms with E-state index in [1.54, 1.807) is 26.0 Å². The van der Waals surface area contributed by atoms with E-state index in [1.165, 1.54) is 6.20 Å². The number of aromatic nitrogens is 1. The van der Waals surface area contributed by atoms with Crippen molar-refractivity contribution >= 4 is 27.5 Å².